The number of piperazine rings is 1. The zero-order chi connectivity index (χ0) is 19.2. The number of benzene rings is 3. The Morgan fingerprint density at radius 2 is 1.25 bits per heavy atom. The molecule has 4 rings (SSSR count). The maximum atomic E-state index is 13.8. The Bertz CT molecular complexity index is 864. The molecule has 0 atom stereocenters. The van der Waals surface area contributed by atoms with Gasteiger partial charge in [-0.3, -0.25) is 9.91 Å². The number of hydrogen-bond acceptors (Lipinski definition) is 3. The van der Waals surface area contributed by atoms with Crippen molar-refractivity contribution >= 4 is 6.21 Å². The first-order valence-corrected chi connectivity index (χ1v) is 9.69. The third kappa shape index (κ3) is 4.29. The second-order valence-corrected chi connectivity index (χ2v) is 6.98. The molecule has 4 heteroatoms. The maximum Gasteiger partial charge on any atom is 0.132 e. The van der Waals surface area contributed by atoms with E-state index in [-0.39, 0.29) is 11.9 Å². The van der Waals surface area contributed by atoms with Gasteiger partial charge in [-0.05, 0) is 17.2 Å². The molecule has 0 N–H and O–H groups in total. The van der Waals surface area contributed by atoms with Gasteiger partial charge in [-0.15, -0.1) is 0 Å². The number of hydrogen-bond donors (Lipinski definition) is 0. The average molecular weight is 373 g/mol. The molecule has 0 aromatic heterocycles. The van der Waals surface area contributed by atoms with E-state index in [9.17, 15) is 4.39 Å². The minimum Gasteiger partial charge on any atom is -0.294 e. The first-order valence-electron chi connectivity index (χ1n) is 9.69. The van der Waals surface area contributed by atoms with Crippen LogP contribution < -0.4 is 0 Å². The number of nitrogens with zero attached hydrogens (tertiary/aromatic N) is 3. The van der Waals surface area contributed by atoms with Gasteiger partial charge in [0.15, 0.2) is 0 Å². The summed E-state index contributed by atoms with van der Waals surface area (Å²) < 4.78 is 13.8. The third-order valence-electron chi connectivity index (χ3n) is 5.15. The molecule has 1 heterocycles. The molecule has 1 aliphatic heterocycles. The van der Waals surface area contributed by atoms with E-state index in [1.807, 2.05) is 11.1 Å². The molecule has 0 unspecified atom stereocenters. The Balaban J connectivity index is 1.47. The minimum atomic E-state index is -0.238. The van der Waals surface area contributed by atoms with Gasteiger partial charge >= 0.3 is 0 Å². The summed E-state index contributed by atoms with van der Waals surface area (Å²) in [6.45, 7) is 3.45. The van der Waals surface area contributed by atoms with Crippen LogP contribution in [0, 0.1) is 5.82 Å². The highest BCUT2D eigenvalue weighted by molar-refractivity contribution is 5.79. The standard InChI is InChI=1S/C24H24FN3/c25-23-14-8-7-13-22(23)19-26-28-17-15-27(16-18-28)24(20-9-3-1-4-10-20)21-11-5-2-6-12-21/h1-14,19,24H,15-18H2. The summed E-state index contributed by atoms with van der Waals surface area (Å²) >= 11 is 0. The van der Waals surface area contributed by atoms with Crippen LogP contribution in [0.3, 0.4) is 0 Å². The molecule has 0 radical (unpaired) electrons. The summed E-state index contributed by atoms with van der Waals surface area (Å²) in [5, 5.41) is 6.52. The molecule has 0 amide bonds. The van der Waals surface area contributed by atoms with Crippen LogP contribution in [0.15, 0.2) is 90.0 Å². The Morgan fingerprint density at radius 3 is 1.82 bits per heavy atom. The summed E-state index contributed by atoms with van der Waals surface area (Å²) in [4.78, 5) is 2.50. The van der Waals surface area contributed by atoms with E-state index >= 15 is 0 Å². The Labute approximate surface area is 165 Å². The van der Waals surface area contributed by atoms with Crippen LogP contribution in [0.4, 0.5) is 4.39 Å². The number of hydrazone groups is 1. The van der Waals surface area contributed by atoms with Gasteiger partial charge in [0.1, 0.15) is 5.82 Å². The van der Waals surface area contributed by atoms with Crippen molar-refractivity contribution in [1.82, 2.24) is 9.91 Å². The van der Waals surface area contributed by atoms with Gasteiger partial charge < -0.3 is 0 Å². The number of rotatable bonds is 5. The molecule has 142 valence electrons. The van der Waals surface area contributed by atoms with E-state index in [0.717, 1.165) is 26.2 Å². The van der Waals surface area contributed by atoms with Gasteiger partial charge in [-0.2, -0.15) is 5.10 Å². The van der Waals surface area contributed by atoms with Gasteiger partial charge in [-0.1, -0.05) is 78.9 Å². The molecule has 1 saturated heterocycles. The highest BCUT2D eigenvalue weighted by Gasteiger charge is 2.25. The van der Waals surface area contributed by atoms with E-state index in [2.05, 4.69) is 70.7 Å². The summed E-state index contributed by atoms with van der Waals surface area (Å²) in [7, 11) is 0. The van der Waals surface area contributed by atoms with Crippen LogP contribution >= 0.6 is 0 Å². The molecular formula is C24H24FN3. The quantitative estimate of drug-likeness (QED) is 0.610. The van der Waals surface area contributed by atoms with Gasteiger partial charge in [0.2, 0.25) is 0 Å². The summed E-state index contributed by atoms with van der Waals surface area (Å²) in [6.07, 6.45) is 1.62. The molecule has 3 aromatic rings. The normalized spacial score (nSPS) is 15.4. The Kier molecular flexibility index (Phi) is 5.78. The molecule has 28 heavy (non-hydrogen) atoms. The fourth-order valence-corrected chi connectivity index (χ4v) is 3.69. The fraction of sp³-hybridized carbons (Fsp3) is 0.208. The van der Waals surface area contributed by atoms with Crippen molar-refractivity contribution in [2.45, 2.75) is 6.04 Å². The van der Waals surface area contributed by atoms with Crippen LogP contribution in [0.1, 0.15) is 22.7 Å². The topological polar surface area (TPSA) is 18.8 Å². The van der Waals surface area contributed by atoms with Gasteiger partial charge in [0.05, 0.1) is 12.3 Å². The fourth-order valence-electron chi connectivity index (χ4n) is 3.69. The first kappa shape index (κ1) is 18.4. The van der Waals surface area contributed by atoms with Crippen molar-refractivity contribution < 1.29 is 4.39 Å². The summed E-state index contributed by atoms with van der Waals surface area (Å²) in [5.41, 5.74) is 3.13. The lowest BCUT2D eigenvalue weighted by Gasteiger charge is -2.38. The van der Waals surface area contributed by atoms with Gasteiger partial charge in [-0.25, -0.2) is 4.39 Å². The van der Waals surface area contributed by atoms with Gasteiger partial charge in [0.25, 0.3) is 0 Å². The summed E-state index contributed by atoms with van der Waals surface area (Å²) in [6, 6.07) is 28.2. The number of halogens is 1. The van der Waals surface area contributed by atoms with Crippen molar-refractivity contribution in [1.29, 1.82) is 0 Å². The van der Waals surface area contributed by atoms with E-state index in [4.69, 9.17) is 0 Å². The van der Waals surface area contributed by atoms with E-state index < -0.39 is 0 Å². The van der Waals surface area contributed by atoms with Crippen LogP contribution in [0.2, 0.25) is 0 Å². The van der Waals surface area contributed by atoms with Crippen LogP contribution in [-0.4, -0.2) is 42.3 Å². The molecule has 1 fully saturated rings. The Hall–Kier alpha value is -2.98. The third-order valence-corrected chi connectivity index (χ3v) is 5.15. The molecule has 3 nitrogen and oxygen atoms in total. The Morgan fingerprint density at radius 1 is 0.714 bits per heavy atom. The lowest BCUT2D eigenvalue weighted by atomic mass is 9.96. The lowest BCUT2D eigenvalue weighted by molar-refractivity contribution is 0.113. The SMILES string of the molecule is Fc1ccccc1C=NN1CCN(C(c2ccccc2)c2ccccc2)CC1. The van der Waals surface area contributed by atoms with Crippen molar-refractivity contribution in [3.8, 4) is 0 Å². The second-order valence-electron chi connectivity index (χ2n) is 6.98. The average Bonchev–Trinajstić information content (AvgIpc) is 2.76. The van der Waals surface area contributed by atoms with E-state index in [1.165, 1.54) is 17.2 Å². The van der Waals surface area contributed by atoms with Gasteiger partial charge in [0, 0.05) is 31.7 Å². The molecule has 0 spiro atoms. The maximum absolute atomic E-state index is 13.8. The minimum absolute atomic E-state index is 0.236. The van der Waals surface area contributed by atoms with Crippen molar-refractivity contribution in [3.05, 3.63) is 107 Å². The summed E-state index contributed by atoms with van der Waals surface area (Å²) in [5.74, 6) is -0.238. The largest absolute Gasteiger partial charge is 0.294 e. The highest BCUT2D eigenvalue weighted by atomic mass is 19.1. The molecular weight excluding hydrogens is 349 g/mol. The zero-order valence-corrected chi connectivity index (χ0v) is 15.8. The van der Waals surface area contributed by atoms with Crippen LogP contribution in [0.25, 0.3) is 0 Å². The highest BCUT2D eigenvalue weighted by Crippen LogP contribution is 2.29. The molecule has 0 saturated carbocycles. The monoisotopic (exact) mass is 373 g/mol. The van der Waals surface area contributed by atoms with Crippen LogP contribution in [0.5, 0.6) is 0 Å². The van der Waals surface area contributed by atoms with Crippen molar-refractivity contribution in [3.63, 3.8) is 0 Å². The van der Waals surface area contributed by atoms with Crippen molar-refractivity contribution in [2.75, 3.05) is 26.2 Å². The zero-order valence-electron chi connectivity index (χ0n) is 15.8. The van der Waals surface area contributed by atoms with E-state index in [1.54, 1.807) is 18.3 Å². The predicted molar refractivity (Wildman–Crippen MR) is 112 cm³/mol. The van der Waals surface area contributed by atoms with Crippen LogP contribution in [-0.2, 0) is 0 Å². The molecule has 0 bridgehead atoms. The molecule has 0 aliphatic carbocycles. The molecule has 3 aromatic carbocycles. The van der Waals surface area contributed by atoms with Crippen molar-refractivity contribution in [2.24, 2.45) is 5.10 Å². The predicted octanol–water partition coefficient (Wildman–Crippen LogP) is 4.57. The van der Waals surface area contributed by atoms with E-state index in [0.29, 0.717) is 5.56 Å². The second kappa shape index (κ2) is 8.81. The lowest BCUT2D eigenvalue weighted by Crippen LogP contribution is -2.45. The first-order chi connectivity index (χ1) is 13.8. The smallest absolute Gasteiger partial charge is 0.132 e. The molecule has 1 aliphatic rings.